The van der Waals surface area contributed by atoms with Crippen LogP contribution in [0.5, 0.6) is 11.5 Å². The van der Waals surface area contributed by atoms with Gasteiger partial charge in [0, 0.05) is 24.0 Å². The number of benzene rings is 1. The number of aliphatic hydroxyl groups is 1. The van der Waals surface area contributed by atoms with Gasteiger partial charge < -0.3 is 15.2 Å². The largest absolute Gasteiger partial charge is 0.457 e. The lowest BCUT2D eigenvalue weighted by Crippen LogP contribution is -2.36. The maximum Gasteiger partial charge on any atom is 0.184 e. The van der Waals surface area contributed by atoms with Gasteiger partial charge in [-0.3, -0.25) is 4.98 Å². The Morgan fingerprint density at radius 2 is 2.00 bits per heavy atom. The zero-order chi connectivity index (χ0) is 17.2. The lowest BCUT2D eigenvalue weighted by molar-refractivity contribution is 0.116. The van der Waals surface area contributed by atoms with Crippen LogP contribution in [0.1, 0.15) is 31.4 Å². The van der Waals surface area contributed by atoms with Gasteiger partial charge in [-0.25, -0.2) is 4.98 Å². The van der Waals surface area contributed by atoms with Crippen molar-refractivity contribution < 1.29 is 9.84 Å². The van der Waals surface area contributed by atoms with Crippen molar-refractivity contribution in [2.45, 2.75) is 44.8 Å². The summed E-state index contributed by atoms with van der Waals surface area (Å²) in [6.07, 6.45) is 5.58. The van der Waals surface area contributed by atoms with Crippen LogP contribution >= 0.6 is 11.3 Å². The fraction of sp³-hybridized carbons (Fsp3) is 0.368. The normalized spacial score (nSPS) is 20.6. The smallest absolute Gasteiger partial charge is 0.184 e. The summed E-state index contributed by atoms with van der Waals surface area (Å²) in [7, 11) is 0. The topological polar surface area (TPSA) is 67.3 Å². The van der Waals surface area contributed by atoms with Crippen LogP contribution in [-0.4, -0.2) is 27.2 Å². The molecule has 2 aromatic heterocycles. The molecule has 0 saturated heterocycles. The summed E-state index contributed by atoms with van der Waals surface area (Å²) in [6, 6.07) is 9.76. The van der Waals surface area contributed by atoms with Crippen molar-refractivity contribution in [3.8, 4) is 11.5 Å². The second kappa shape index (κ2) is 6.98. The van der Waals surface area contributed by atoms with Gasteiger partial charge in [0.15, 0.2) is 5.13 Å². The predicted octanol–water partition coefficient (Wildman–Crippen LogP) is 4.51. The monoisotopic (exact) mass is 355 g/mol. The quantitative estimate of drug-likeness (QED) is 0.721. The van der Waals surface area contributed by atoms with Crippen molar-refractivity contribution in [2.24, 2.45) is 0 Å². The number of anilines is 1. The van der Waals surface area contributed by atoms with E-state index in [4.69, 9.17) is 4.74 Å². The number of aliphatic hydroxyl groups excluding tert-OH is 1. The zero-order valence-corrected chi connectivity index (χ0v) is 14.9. The summed E-state index contributed by atoms with van der Waals surface area (Å²) in [6.45, 7) is 1.94. The van der Waals surface area contributed by atoms with Gasteiger partial charge in [0.05, 0.1) is 22.4 Å². The number of hydrogen-bond acceptors (Lipinski definition) is 6. The van der Waals surface area contributed by atoms with Gasteiger partial charge in [-0.15, -0.1) is 0 Å². The van der Waals surface area contributed by atoms with Gasteiger partial charge in [0.2, 0.25) is 0 Å². The molecule has 2 N–H and O–H groups in total. The molecular formula is C19H21N3O2S. The van der Waals surface area contributed by atoms with Gasteiger partial charge in [-0.05, 0) is 38.0 Å². The molecule has 0 spiro atoms. The van der Waals surface area contributed by atoms with E-state index < -0.39 is 0 Å². The van der Waals surface area contributed by atoms with Crippen LogP contribution in [0.25, 0.3) is 10.2 Å². The first-order valence-electron chi connectivity index (χ1n) is 8.63. The second-order valence-corrected chi connectivity index (χ2v) is 7.52. The van der Waals surface area contributed by atoms with Crippen LogP contribution in [0.3, 0.4) is 0 Å². The zero-order valence-electron chi connectivity index (χ0n) is 14.1. The Hall–Kier alpha value is -2.18. The minimum atomic E-state index is -0.283. The van der Waals surface area contributed by atoms with E-state index in [9.17, 15) is 5.11 Å². The minimum absolute atomic E-state index is 0.102. The van der Waals surface area contributed by atoms with E-state index in [-0.39, 0.29) is 12.1 Å². The highest BCUT2D eigenvalue weighted by Gasteiger charge is 2.23. The van der Waals surface area contributed by atoms with E-state index >= 15 is 0 Å². The highest BCUT2D eigenvalue weighted by Crippen LogP contribution is 2.32. The van der Waals surface area contributed by atoms with Crippen molar-refractivity contribution in [3.63, 3.8) is 0 Å². The molecule has 1 aliphatic rings. The van der Waals surface area contributed by atoms with Crippen molar-refractivity contribution in [1.29, 1.82) is 0 Å². The molecule has 0 radical (unpaired) electrons. The summed E-state index contributed by atoms with van der Waals surface area (Å²) in [5, 5.41) is 14.4. The van der Waals surface area contributed by atoms with Gasteiger partial charge in [0.1, 0.15) is 11.5 Å². The third-order valence-corrected chi connectivity index (χ3v) is 5.45. The summed E-state index contributed by atoms with van der Waals surface area (Å²) in [4.78, 5) is 8.81. The fourth-order valence-corrected chi connectivity index (χ4v) is 4.14. The maximum absolute atomic E-state index is 10.1. The standard InChI is InChI=1S/C19H21N3O2S/c1-12-10-14(8-9-20-12)24-13-6-7-16-18(11-13)25-19(22-16)21-15-4-2-3-5-17(15)23/h6-11,15,17,23H,2-5H2,1H3,(H,21,22)/t15-,17?/m1/s1. The third kappa shape index (κ3) is 3.75. The van der Waals surface area contributed by atoms with Gasteiger partial charge >= 0.3 is 0 Å². The molecule has 0 amide bonds. The van der Waals surface area contributed by atoms with Crippen LogP contribution in [0.2, 0.25) is 0 Å². The lowest BCUT2D eigenvalue weighted by atomic mass is 9.93. The van der Waals surface area contributed by atoms with Crippen LogP contribution < -0.4 is 10.1 Å². The van der Waals surface area contributed by atoms with E-state index in [2.05, 4.69) is 15.3 Å². The molecule has 5 nitrogen and oxygen atoms in total. The molecule has 2 heterocycles. The molecule has 25 heavy (non-hydrogen) atoms. The SMILES string of the molecule is Cc1cc(Oc2ccc3nc(N[C@@H]4CCCCC4O)sc3c2)ccn1. The molecule has 130 valence electrons. The summed E-state index contributed by atoms with van der Waals surface area (Å²) < 4.78 is 6.99. The van der Waals surface area contributed by atoms with E-state index in [1.54, 1.807) is 17.5 Å². The number of pyridine rings is 1. The van der Waals surface area contributed by atoms with E-state index in [0.29, 0.717) is 0 Å². The Balaban J connectivity index is 1.52. The lowest BCUT2D eigenvalue weighted by Gasteiger charge is -2.27. The second-order valence-electron chi connectivity index (χ2n) is 6.49. The predicted molar refractivity (Wildman–Crippen MR) is 101 cm³/mol. The number of fused-ring (bicyclic) bond motifs is 1. The number of nitrogens with one attached hydrogen (secondary N) is 1. The van der Waals surface area contributed by atoms with E-state index in [0.717, 1.165) is 58.2 Å². The molecule has 0 aliphatic heterocycles. The van der Waals surface area contributed by atoms with E-state index in [1.807, 2.05) is 37.3 Å². The molecule has 0 bridgehead atoms. The average Bonchev–Trinajstić information content (AvgIpc) is 2.99. The Bertz CT molecular complexity index is 880. The first kappa shape index (κ1) is 16.3. The van der Waals surface area contributed by atoms with Crippen LogP contribution in [0, 0.1) is 6.92 Å². The number of thiazole rings is 1. The van der Waals surface area contributed by atoms with Crippen LogP contribution in [0.4, 0.5) is 5.13 Å². The van der Waals surface area contributed by atoms with Gasteiger partial charge in [-0.1, -0.05) is 24.2 Å². The number of rotatable bonds is 4. The number of hydrogen-bond donors (Lipinski definition) is 2. The first-order chi connectivity index (χ1) is 12.2. The molecule has 4 rings (SSSR count). The Kier molecular flexibility index (Phi) is 4.55. The molecule has 1 unspecified atom stereocenters. The van der Waals surface area contributed by atoms with Gasteiger partial charge in [0.25, 0.3) is 0 Å². The summed E-state index contributed by atoms with van der Waals surface area (Å²) in [5.74, 6) is 1.56. The first-order valence-corrected chi connectivity index (χ1v) is 9.45. The van der Waals surface area contributed by atoms with Crippen LogP contribution in [0.15, 0.2) is 36.5 Å². The number of aryl methyl sites for hydroxylation is 1. The van der Waals surface area contributed by atoms with Crippen LogP contribution in [-0.2, 0) is 0 Å². The number of nitrogens with zero attached hydrogens (tertiary/aromatic N) is 2. The highest BCUT2D eigenvalue weighted by atomic mass is 32.1. The molecular weight excluding hydrogens is 334 g/mol. The van der Waals surface area contributed by atoms with Crippen molar-refractivity contribution in [3.05, 3.63) is 42.2 Å². The summed E-state index contributed by atoms with van der Waals surface area (Å²) in [5.41, 5.74) is 1.87. The molecule has 1 aliphatic carbocycles. The Morgan fingerprint density at radius 3 is 2.84 bits per heavy atom. The molecule has 1 saturated carbocycles. The minimum Gasteiger partial charge on any atom is -0.457 e. The Labute approximate surface area is 150 Å². The summed E-state index contributed by atoms with van der Waals surface area (Å²) >= 11 is 1.60. The molecule has 1 fully saturated rings. The maximum atomic E-state index is 10.1. The number of aromatic nitrogens is 2. The van der Waals surface area contributed by atoms with Crippen molar-refractivity contribution in [1.82, 2.24) is 9.97 Å². The molecule has 6 heteroatoms. The Morgan fingerprint density at radius 1 is 1.16 bits per heavy atom. The fourth-order valence-electron chi connectivity index (χ4n) is 3.19. The van der Waals surface area contributed by atoms with Crippen molar-refractivity contribution >= 4 is 26.7 Å². The average molecular weight is 355 g/mol. The van der Waals surface area contributed by atoms with Gasteiger partial charge in [-0.2, -0.15) is 0 Å². The molecule has 1 aromatic carbocycles. The van der Waals surface area contributed by atoms with E-state index in [1.165, 1.54) is 0 Å². The van der Waals surface area contributed by atoms with Crippen molar-refractivity contribution in [2.75, 3.05) is 5.32 Å². The third-order valence-electron chi connectivity index (χ3n) is 4.50. The number of ether oxygens (including phenoxy) is 1. The molecule has 3 aromatic rings. The molecule has 2 atom stereocenters. The highest BCUT2D eigenvalue weighted by molar-refractivity contribution is 7.22.